The van der Waals surface area contributed by atoms with E-state index in [1.807, 2.05) is 6.92 Å². The normalized spacial score (nSPS) is 26.2. The van der Waals surface area contributed by atoms with Crippen LogP contribution in [0, 0.1) is 17.6 Å². The monoisotopic (exact) mass is 597 g/mol. The predicted molar refractivity (Wildman–Crippen MR) is 158 cm³/mol. The van der Waals surface area contributed by atoms with Crippen LogP contribution in [-0.2, 0) is 0 Å². The zero-order valence-electron chi connectivity index (χ0n) is 22.5. The van der Waals surface area contributed by atoms with E-state index in [0.717, 1.165) is 56.3 Å². The van der Waals surface area contributed by atoms with Gasteiger partial charge < -0.3 is 20.7 Å². The molecule has 41 heavy (non-hydrogen) atoms. The Morgan fingerprint density at radius 1 is 1.15 bits per heavy atom. The molecule has 5 heterocycles. The van der Waals surface area contributed by atoms with Gasteiger partial charge in [-0.2, -0.15) is 9.97 Å². The zero-order valence-corrected chi connectivity index (χ0v) is 24.1. The lowest BCUT2D eigenvalue weighted by atomic mass is 10.0. The fraction of sp³-hybridized carbons (Fsp3) is 0.483. The van der Waals surface area contributed by atoms with Gasteiger partial charge in [-0.1, -0.05) is 22.9 Å². The molecule has 12 heteroatoms. The minimum absolute atomic E-state index is 0.107. The molecule has 5 atom stereocenters. The van der Waals surface area contributed by atoms with Gasteiger partial charge in [0.25, 0.3) is 0 Å². The van der Waals surface area contributed by atoms with Crippen LogP contribution in [0.4, 0.5) is 19.7 Å². The van der Waals surface area contributed by atoms with Crippen LogP contribution in [0.2, 0.25) is 5.02 Å². The molecule has 3 aliphatic heterocycles. The number of fused-ring (bicyclic) bond motifs is 5. The Kier molecular flexibility index (Phi) is 6.04. The fourth-order valence-corrected chi connectivity index (χ4v) is 8.18. The van der Waals surface area contributed by atoms with Crippen LogP contribution in [0.5, 0.6) is 6.01 Å². The number of hydrogen-bond donors (Lipinski definition) is 2. The summed E-state index contributed by atoms with van der Waals surface area (Å²) in [5.41, 5.74) is 6.76. The highest BCUT2D eigenvalue weighted by atomic mass is 35.5. The van der Waals surface area contributed by atoms with E-state index in [4.69, 9.17) is 27.1 Å². The SMILES string of the molecule is C[C@@H](CN1CCC2CC21)Oc1nc(N2CC3CCC(C2)N3)c2cc(Cl)c(-c3ccc(F)c4sc(N)nc34)c(F)c2n1. The molecule has 2 aromatic carbocycles. The second kappa shape index (κ2) is 9.58. The molecular formula is C29H30ClF2N7OS. The van der Waals surface area contributed by atoms with Crippen LogP contribution >= 0.6 is 22.9 Å². The van der Waals surface area contributed by atoms with Crippen molar-refractivity contribution in [2.24, 2.45) is 5.92 Å². The minimum Gasteiger partial charge on any atom is -0.459 e. The number of thiazole rings is 1. The smallest absolute Gasteiger partial charge is 0.319 e. The van der Waals surface area contributed by atoms with E-state index in [0.29, 0.717) is 34.9 Å². The number of piperazine rings is 1. The number of nitrogens with one attached hydrogen (secondary N) is 1. The first-order valence-electron chi connectivity index (χ1n) is 14.3. The van der Waals surface area contributed by atoms with Gasteiger partial charge in [0.15, 0.2) is 10.9 Å². The molecule has 3 N–H and O–H groups in total. The molecular weight excluding hydrogens is 568 g/mol. The fourth-order valence-electron chi connectivity index (χ4n) is 7.13. The molecule has 214 valence electrons. The third-order valence-electron chi connectivity index (χ3n) is 9.08. The van der Waals surface area contributed by atoms with Gasteiger partial charge in [0.2, 0.25) is 0 Å². The Balaban J connectivity index is 1.25. The number of likely N-dealkylation sites (tertiary alicyclic amines) is 1. The van der Waals surface area contributed by atoms with E-state index in [-0.39, 0.29) is 43.6 Å². The standard InChI is InChI=1S/C29H30ClF2N7OS/c1-13(10-38-7-6-14-8-21(14)38)40-29-36-24-18(27(37-29)39-11-15-2-3-16(12-39)34-15)9-19(30)22(23(24)32)17-4-5-20(31)26-25(17)35-28(33)41-26/h4-5,9,13-16,21,34H,2-3,6-8,10-12H2,1H3,(H2,33,35)/t13-,14?,15?,16?,21?/m0/s1. The number of ether oxygens (including phenoxy) is 1. The lowest BCUT2D eigenvalue weighted by molar-refractivity contribution is 0.141. The van der Waals surface area contributed by atoms with Crippen molar-refractivity contribution in [2.75, 3.05) is 36.8 Å². The number of hydrogen-bond acceptors (Lipinski definition) is 9. The third kappa shape index (κ3) is 4.40. The average molecular weight is 598 g/mol. The molecule has 3 saturated heterocycles. The lowest BCUT2D eigenvalue weighted by Gasteiger charge is -2.34. The van der Waals surface area contributed by atoms with Crippen molar-refractivity contribution in [1.29, 1.82) is 0 Å². The molecule has 0 radical (unpaired) electrons. The minimum atomic E-state index is -0.619. The molecule has 4 unspecified atom stereocenters. The van der Waals surface area contributed by atoms with Crippen molar-refractivity contribution >= 4 is 55.0 Å². The number of nitrogens with zero attached hydrogens (tertiary/aromatic N) is 5. The molecule has 0 spiro atoms. The summed E-state index contributed by atoms with van der Waals surface area (Å²) in [6, 6.07) is 6.01. The molecule has 8 rings (SSSR count). The highest BCUT2D eigenvalue weighted by molar-refractivity contribution is 7.22. The number of aromatic nitrogens is 3. The summed E-state index contributed by atoms with van der Waals surface area (Å²) < 4.78 is 37.8. The van der Waals surface area contributed by atoms with E-state index in [2.05, 4.69) is 25.1 Å². The number of nitrogens with two attached hydrogens (primary N) is 1. The Morgan fingerprint density at radius 3 is 2.68 bits per heavy atom. The van der Waals surface area contributed by atoms with Gasteiger partial charge in [-0.25, -0.2) is 13.8 Å². The second-order valence-corrected chi connectivity index (χ2v) is 13.4. The van der Waals surface area contributed by atoms with Gasteiger partial charge in [-0.05, 0) is 63.3 Å². The molecule has 4 fully saturated rings. The van der Waals surface area contributed by atoms with Crippen LogP contribution < -0.4 is 20.7 Å². The van der Waals surface area contributed by atoms with Crippen LogP contribution in [0.1, 0.15) is 32.6 Å². The number of benzene rings is 2. The largest absolute Gasteiger partial charge is 0.459 e. The van der Waals surface area contributed by atoms with Crippen molar-refractivity contribution in [3.63, 3.8) is 0 Å². The zero-order chi connectivity index (χ0) is 28.0. The molecule has 1 aliphatic carbocycles. The van der Waals surface area contributed by atoms with Gasteiger partial charge in [-0.15, -0.1) is 0 Å². The van der Waals surface area contributed by atoms with Crippen molar-refractivity contribution in [3.8, 4) is 17.1 Å². The summed E-state index contributed by atoms with van der Waals surface area (Å²) >= 11 is 7.81. The first-order chi connectivity index (χ1) is 19.8. The Bertz CT molecular complexity index is 1690. The Labute approximate surface area is 244 Å². The maximum atomic E-state index is 16.6. The van der Waals surface area contributed by atoms with Crippen LogP contribution in [0.15, 0.2) is 18.2 Å². The van der Waals surface area contributed by atoms with Gasteiger partial charge in [-0.3, -0.25) is 4.90 Å². The number of anilines is 2. The molecule has 4 aromatic rings. The van der Waals surface area contributed by atoms with Crippen molar-refractivity contribution in [1.82, 2.24) is 25.2 Å². The van der Waals surface area contributed by atoms with E-state index in [1.54, 1.807) is 6.07 Å². The van der Waals surface area contributed by atoms with E-state index in [1.165, 1.54) is 25.0 Å². The first kappa shape index (κ1) is 25.8. The molecule has 8 nitrogen and oxygen atoms in total. The second-order valence-electron chi connectivity index (χ2n) is 11.9. The average Bonchev–Trinajstić information content (AvgIpc) is 3.25. The summed E-state index contributed by atoms with van der Waals surface area (Å²) in [5.74, 6) is 0.366. The highest BCUT2D eigenvalue weighted by Crippen LogP contribution is 2.45. The van der Waals surface area contributed by atoms with Gasteiger partial charge >= 0.3 is 6.01 Å². The highest BCUT2D eigenvalue weighted by Gasteiger charge is 2.47. The summed E-state index contributed by atoms with van der Waals surface area (Å²) in [5, 5.41) is 4.53. The molecule has 2 bridgehead atoms. The maximum absolute atomic E-state index is 16.6. The van der Waals surface area contributed by atoms with Crippen molar-refractivity contribution in [3.05, 3.63) is 34.9 Å². The topological polar surface area (TPSA) is 92.4 Å². The summed E-state index contributed by atoms with van der Waals surface area (Å²) in [7, 11) is 0. The van der Waals surface area contributed by atoms with Gasteiger partial charge in [0.05, 0.1) is 15.2 Å². The van der Waals surface area contributed by atoms with Crippen molar-refractivity contribution < 1.29 is 13.5 Å². The Morgan fingerprint density at radius 2 is 1.95 bits per heavy atom. The number of rotatable bonds is 6. The molecule has 4 aliphatic rings. The van der Waals surface area contributed by atoms with E-state index in [9.17, 15) is 4.39 Å². The quantitative estimate of drug-likeness (QED) is 0.312. The van der Waals surface area contributed by atoms with Gasteiger partial charge in [0, 0.05) is 54.3 Å². The van der Waals surface area contributed by atoms with Crippen molar-refractivity contribution in [2.45, 2.75) is 56.8 Å². The molecule has 2 aromatic heterocycles. The van der Waals surface area contributed by atoms with Crippen LogP contribution in [0.3, 0.4) is 0 Å². The predicted octanol–water partition coefficient (Wildman–Crippen LogP) is 5.22. The molecule has 0 amide bonds. The van der Waals surface area contributed by atoms with Crippen LogP contribution in [0.25, 0.3) is 32.2 Å². The first-order valence-corrected chi connectivity index (χ1v) is 15.5. The number of nitrogen functional groups attached to an aromatic ring is 1. The Hall–Kier alpha value is -2.86. The summed E-state index contributed by atoms with van der Waals surface area (Å²) in [6.07, 6.45) is 4.54. The number of piperidine rings is 1. The van der Waals surface area contributed by atoms with Crippen LogP contribution in [-0.4, -0.2) is 70.3 Å². The lowest BCUT2D eigenvalue weighted by Crippen LogP contribution is -2.51. The molecule has 1 saturated carbocycles. The summed E-state index contributed by atoms with van der Waals surface area (Å²) in [4.78, 5) is 18.4. The third-order valence-corrected chi connectivity index (χ3v) is 10.3. The van der Waals surface area contributed by atoms with E-state index >= 15 is 4.39 Å². The van der Waals surface area contributed by atoms with Gasteiger partial charge in [0.1, 0.15) is 23.3 Å². The maximum Gasteiger partial charge on any atom is 0.319 e. The summed E-state index contributed by atoms with van der Waals surface area (Å²) in [6.45, 7) is 5.39. The number of halogens is 3. The van der Waals surface area contributed by atoms with E-state index < -0.39 is 11.6 Å².